The topological polar surface area (TPSA) is 108 Å². The van der Waals surface area contributed by atoms with E-state index in [1.807, 2.05) is 4.90 Å². The van der Waals surface area contributed by atoms with Crippen LogP contribution in [0.1, 0.15) is 13.8 Å². The van der Waals surface area contributed by atoms with E-state index >= 15 is 0 Å². The smallest absolute Gasteiger partial charge is 0.396 e. The molecule has 1 saturated heterocycles. The zero-order valence-corrected chi connectivity index (χ0v) is 11.2. The highest BCUT2D eigenvalue weighted by molar-refractivity contribution is 7.50. The molecule has 0 saturated carbocycles. The number of hydrogen-bond donors (Lipinski definition) is 4. The van der Waals surface area contributed by atoms with Gasteiger partial charge < -0.3 is 15.3 Å². The van der Waals surface area contributed by atoms with Crippen LogP contribution in [0.2, 0.25) is 0 Å². The molecule has 0 aromatic heterocycles. The second-order valence-electron chi connectivity index (χ2n) is 4.95. The molecule has 0 aromatic rings. The predicted octanol–water partition coefficient (Wildman–Crippen LogP) is -0.688. The van der Waals surface area contributed by atoms with Crippen LogP contribution in [-0.4, -0.2) is 53.9 Å². The molecule has 7 nitrogen and oxygen atoms in total. The van der Waals surface area contributed by atoms with Gasteiger partial charge in [0.15, 0.2) is 0 Å². The van der Waals surface area contributed by atoms with Crippen molar-refractivity contribution in [1.82, 2.24) is 10.2 Å². The quantitative estimate of drug-likeness (QED) is 0.488. The lowest BCUT2D eigenvalue weighted by Gasteiger charge is -2.42. The first-order valence-corrected chi connectivity index (χ1v) is 7.26. The summed E-state index contributed by atoms with van der Waals surface area (Å²) in [6.45, 7) is 6.33. The minimum atomic E-state index is -4.07. The number of aliphatic hydroxyl groups is 1. The first-order chi connectivity index (χ1) is 7.76. The standard InChI is InChI=1S/C9H22N3O4P/c1-9(2,7-13)8(16-17(10,14)15)12-5-3-11-4-6-12/h8,11,13H,3-7H2,1-2H3,(H3,10,14,15). The van der Waals surface area contributed by atoms with Gasteiger partial charge in [-0.25, -0.2) is 10.1 Å². The number of aliphatic hydroxyl groups excluding tert-OH is 1. The van der Waals surface area contributed by atoms with Crippen LogP contribution in [-0.2, 0) is 9.09 Å². The molecule has 0 bridgehead atoms. The van der Waals surface area contributed by atoms with Gasteiger partial charge in [-0.15, -0.1) is 0 Å². The van der Waals surface area contributed by atoms with Gasteiger partial charge in [0.2, 0.25) is 0 Å². The molecule has 0 radical (unpaired) electrons. The van der Waals surface area contributed by atoms with Crippen molar-refractivity contribution < 1.29 is 19.1 Å². The van der Waals surface area contributed by atoms with Crippen molar-refractivity contribution in [3.63, 3.8) is 0 Å². The molecular weight excluding hydrogens is 245 g/mol. The summed E-state index contributed by atoms with van der Waals surface area (Å²) in [4.78, 5) is 11.1. The summed E-state index contributed by atoms with van der Waals surface area (Å²) in [5.74, 6) is 0. The normalized spacial score (nSPS) is 24.3. The minimum absolute atomic E-state index is 0.151. The molecule has 8 heteroatoms. The summed E-state index contributed by atoms with van der Waals surface area (Å²) in [6.07, 6.45) is -0.671. The van der Waals surface area contributed by atoms with Crippen LogP contribution in [0.25, 0.3) is 0 Å². The summed E-state index contributed by atoms with van der Waals surface area (Å²) in [5, 5.41) is 12.5. The molecule has 5 N–H and O–H groups in total. The molecule has 0 amide bonds. The Morgan fingerprint density at radius 1 is 1.53 bits per heavy atom. The zero-order chi connectivity index (χ0) is 13.1. The van der Waals surface area contributed by atoms with E-state index in [1.165, 1.54) is 0 Å². The molecule has 1 aliphatic rings. The van der Waals surface area contributed by atoms with Crippen molar-refractivity contribution in [1.29, 1.82) is 0 Å². The molecule has 1 rings (SSSR count). The Hall–Kier alpha value is -0.0100. The Kier molecular flexibility index (Phi) is 5.09. The van der Waals surface area contributed by atoms with E-state index in [4.69, 9.17) is 14.9 Å². The van der Waals surface area contributed by atoms with Gasteiger partial charge in [0.25, 0.3) is 0 Å². The average Bonchev–Trinajstić information content (AvgIpc) is 2.26. The predicted molar refractivity (Wildman–Crippen MR) is 64.2 cm³/mol. The zero-order valence-electron chi connectivity index (χ0n) is 10.3. The van der Waals surface area contributed by atoms with Gasteiger partial charge in [-0.05, 0) is 0 Å². The highest BCUT2D eigenvalue weighted by Crippen LogP contribution is 2.40. The fraction of sp³-hybridized carbons (Fsp3) is 1.00. The van der Waals surface area contributed by atoms with E-state index in [-0.39, 0.29) is 6.61 Å². The monoisotopic (exact) mass is 267 g/mol. The van der Waals surface area contributed by atoms with Gasteiger partial charge >= 0.3 is 7.75 Å². The lowest BCUT2D eigenvalue weighted by molar-refractivity contribution is -0.0871. The third kappa shape index (κ3) is 4.63. The lowest BCUT2D eigenvalue weighted by Crippen LogP contribution is -2.55. The number of hydrogen-bond acceptors (Lipinski definition) is 5. The van der Waals surface area contributed by atoms with Crippen LogP contribution in [0, 0.1) is 5.41 Å². The van der Waals surface area contributed by atoms with Gasteiger partial charge in [0.1, 0.15) is 6.23 Å². The summed E-state index contributed by atoms with van der Waals surface area (Å²) >= 11 is 0. The molecule has 1 heterocycles. The summed E-state index contributed by atoms with van der Waals surface area (Å²) < 4.78 is 16.3. The highest BCUT2D eigenvalue weighted by Gasteiger charge is 2.38. The molecule has 2 atom stereocenters. The largest absolute Gasteiger partial charge is 0.401 e. The van der Waals surface area contributed by atoms with Crippen molar-refractivity contribution in [2.75, 3.05) is 32.8 Å². The summed E-state index contributed by atoms with van der Waals surface area (Å²) in [5.41, 5.74) is 4.40. The van der Waals surface area contributed by atoms with E-state index < -0.39 is 19.4 Å². The van der Waals surface area contributed by atoms with Gasteiger partial charge in [-0.3, -0.25) is 9.42 Å². The number of nitrogens with two attached hydrogens (primary N) is 1. The van der Waals surface area contributed by atoms with Gasteiger partial charge in [0, 0.05) is 31.6 Å². The summed E-state index contributed by atoms with van der Waals surface area (Å²) in [7, 11) is -4.07. The lowest BCUT2D eigenvalue weighted by atomic mass is 9.91. The Labute approximate surface area is 102 Å². The van der Waals surface area contributed by atoms with Gasteiger partial charge in [-0.1, -0.05) is 13.8 Å². The number of rotatable bonds is 5. The Morgan fingerprint density at radius 2 is 2.06 bits per heavy atom. The fourth-order valence-corrected chi connectivity index (χ4v) is 2.55. The molecule has 1 fully saturated rings. The van der Waals surface area contributed by atoms with E-state index in [2.05, 4.69) is 5.32 Å². The van der Waals surface area contributed by atoms with Gasteiger partial charge in [0.05, 0.1) is 6.61 Å². The molecule has 2 unspecified atom stereocenters. The van der Waals surface area contributed by atoms with Crippen molar-refractivity contribution in [2.45, 2.75) is 20.1 Å². The Morgan fingerprint density at radius 3 is 2.47 bits per heavy atom. The number of nitrogens with one attached hydrogen (secondary N) is 1. The van der Waals surface area contributed by atoms with Crippen molar-refractivity contribution in [2.24, 2.45) is 10.9 Å². The van der Waals surface area contributed by atoms with Crippen molar-refractivity contribution >= 4 is 7.75 Å². The molecule has 0 aliphatic carbocycles. The average molecular weight is 267 g/mol. The van der Waals surface area contributed by atoms with Crippen LogP contribution < -0.4 is 10.8 Å². The van der Waals surface area contributed by atoms with Crippen LogP contribution in [0.4, 0.5) is 0 Å². The van der Waals surface area contributed by atoms with Crippen LogP contribution in [0.5, 0.6) is 0 Å². The second-order valence-corrected chi connectivity index (χ2v) is 6.29. The maximum Gasteiger partial charge on any atom is 0.401 e. The summed E-state index contributed by atoms with van der Waals surface area (Å²) in [6, 6.07) is 0. The molecule has 17 heavy (non-hydrogen) atoms. The third-order valence-corrected chi connectivity index (χ3v) is 3.31. The highest BCUT2D eigenvalue weighted by atomic mass is 31.2. The molecular formula is C9H22N3O4P. The van der Waals surface area contributed by atoms with Gasteiger partial charge in [-0.2, -0.15) is 0 Å². The second kappa shape index (κ2) is 5.75. The Balaban J connectivity index is 2.81. The van der Waals surface area contributed by atoms with E-state index in [1.54, 1.807) is 13.8 Å². The third-order valence-electron chi connectivity index (χ3n) is 2.81. The van der Waals surface area contributed by atoms with E-state index in [9.17, 15) is 9.67 Å². The number of nitrogens with zero attached hydrogens (tertiary/aromatic N) is 1. The first-order valence-electron chi connectivity index (χ1n) is 5.62. The first kappa shape index (κ1) is 15.0. The minimum Gasteiger partial charge on any atom is -0.396 e. The molecule has 1 aliphatic heterocycles. The van der Waals surface area contributed by atoms with E-state index in [0.29, 0.717) is 13.1 Å². The Bertz CT molecular complexity index is 288. The van der Waals surface area contributed by atoms with Crippen LogP contribution in [0.3, 0.4) is 0 Å². The van der Waals surface area contributed by atoms with Crippen molar-refractivity contribution in [3.05, 3.63) is 0 Å². The van der Waals surface area contributed by atoms with Crippen LogP contribution >= 0.6 is 7.75 Å². The molecule has 0 spiro atoms. The fourth-order valence-electron chi connectivity index (χ4n) is 1.84. The maximum absolute atomic E-state index is 11.2. The SMILES string of the molecule is CC(C)(CO)C(OP(N)(=O)O)N1CCNCC1. The van der Waals surface area contributed by atoms with Crippen LogP contribution in [0.15, 0.2) is 0 Å². The molecule has 102 valence electrons. The molecule has 0 aromatic carbocycles. The number of piperazine rings is 1. The van der Waals surface area contributed by atoms with Crippen molar-refractivity contribution in [3.8, 4) is 0 Å². The maximum atomic E-state index is 11.2. The van der Waals surface area contributed by atoms with E-state index in [0.717, 1.165) is 13.1 Å².